The largest absolute Gasteiger partial charge is 1.00 e. The molecule has 0 aliphatic carbocycles. The molecule has 6 rings (SSSR count). The number of nitrogens with zero attached hydrogens (tertiary/aromatic N) is 2. The summed E-state index contributed by atoms with van der Waals surface area (Å²) >= 11 is 0. The minimum absolute atomic E-state index is 0. The molecule has 0 bridgehead atoms. The predicted octanol–water partition coefficient (Wildman–Crippen LogP) is 0.868. The number of halogens is 2. The fourth-order valence-corrected chi connectivity index (χ4v) is 4.97. The number of carbonyl (C=O) groups is 1. The number of rotatable bonds is 7. The van der Waals surface area contributed by atoms with Gasteiger partial charge in [0.05, 0.1) is 36.0 Å². The van der Waals surface area contributed by atoms with Gasteiger partial charge in [-0.15, -0.1) is 0 Å². The number of ether oxygens (including phenoxy) is 3. The minimum Gasteiger partial charge on any atom is -0.550 e. The third kappa shape index (κ3) is 4.57. The molecule has 3 heterocycles. The molecular weight excluding hydrogens is 507 g/mol. The van der Waals surface area contributed by atoms with Crippen molar-refractivity contribution in [2.45, 2.75) is 25.3 Å². The number of aliphatic carboxylic acids is 1. The molecule has 190 valence electrons. The second-order valence-corrected chi connectivity index (χ2v) is 8.96. The van der Waals surface area contributed by atoms with Crippen LogP contribution in [0.15, 0.2) is 48.5 Å². The third-order valence-electron chi connectivity index (χ3n) is 6.62. The van der Waals surface area contributed by atoms with E-state index in [0.717, 1.165) is 28.9 Å². The molecule has 0 saturated heterocycles. The average molecular weight is 529 g/mol. The summed E-state index contributed by atoms with van der Waals surface area (Å²) in [5.74, 6) is -2.07. The third-order valence-corrected chi connectivity index (χ3v) is 6.62. The fourth-order valence-electron chi connectivity index (χ4n) is 4.97. The van der Waals surface area contributed by atoms with Gasteiger partial charge in [-0.05, 0) is 25.5 Å². The van der Waals surface area contributed by atoms with E-state index in [1.54, 1.807) is 11.5 Å². The van der Waals surface area contributed by atoms with Crippen LogP contribution < -0.4 is 54.2 Å². The Labute approximate surface area is 238 Å². The molecule has 0 unspecified atom stereocenters. The summed E-state index contributed by atoms with van der Waals surface area (Å²) in [6, 6.07) is 13.3. The molecule has 2 atom stereocenters. The molecule has 0 fully saturated rings. The summed E-state index contributed by atoms with van der Waals surface area (Å²) in [6.45, 7) is 2.75. The van der Waals surface area contributed by atoms with Crippen LogP contribution in [-0.4, -0.2) is 35.3 Å². The zero-order chi connectivity index (χ0) is 25.7. The van der Waals surface area contributed by atoms with Gasteiger partial charge in [-0.3, -0.25) is 4.57 Å². The van der Waals surface area contributed by atoms with Crippen molar-refractivity contribution >= 4 is 22.7 Å². The molecule has 2 aliphatic rings. The molecule has 0 spiro atoms. The predicted molar refractivity (Wildman–Crippen MR) is 128 cm³/mol. The number of imidazole rings is 1. The van der Waals surface area contributed by atoms with Gasteiger partial charge in [-0.25, -0.2) is 8.78 Å². The summed E-state index contributed by atoms with van der Waals surface area (Å²) in [4.78, 5) is 15.4. The summed E-state index contributed by atoms with van der Waals surface area (Å²) in [5, 5.41) is 14.5. The maximum absolute atomic E-state index is 14.2. The number of anilines is 1. The van der Waals surface area contributed by atoms with Crippen molar-refractivity contribution in [1.29, 1.82) is 0 Å². The maximum atomic E-state index is 14.2. The van der Waals surface area contributed by atoms with E-state index in [9.17, 15) is 18.7 Å². The van der Waals surface area contributed by atoms with Gasteiger partial charge >= 0.3 is 35.6 Å². The number of benzene rings is 3. The monoisotopic (exact) mass is 529 g/mol. The van der Waals surface area contributed by atoms with E-state index in [1.165, 1.54) is 0 Å². The Morgan fingerprint density at radius 1 is 1.13 bits per heavy atom. The maximum Gasteiger partial charge on any atom is 1.00 e. The van der Waals surface area contributed by atoms with Crippen molar-refractivity contribution in [2.24, 2.45) is 0 Å². The molecule has 8 nitrogen and oxygen atoms in total. The second-order valence-electron chi connectivity index (χ2n) is 8.96. The summed E-state index contributed by atoms with van der Waals surface area (Å²) in [5.41, 5.74) is 3.74. The van der Waals surface area contributed by atoms with Gasteiger partial charge < -0.3 is 29.4 Å². The topological polar surface area (TPSA) is 97.7 Å². The number of nitrogens with one attached hydrogen (secondary N) is 1. The van der Waals surface area contributed by atoms with Crippen LogP contribution in [0.25, 0.3) is 16.7 Å². The van der Waals surface area contributed by atoms with Crippen LogP contribution in [0.5, 0.6) is 17.5 Å². The van der Waals surface area contributed by atoms with Gasteiger partial charge in [-0.2, -0.15) is 4.98 Å². The molecule has 1 N–H and O–H groups in total. The number of fused-ring (bicyclic) bond motifs is 3. The van der Waals surface area contributed by atoms with E-state index in [1.807, 2.05) is 36.4 Å². The van der Waals surface area contributed by atoms with Crippen LogP contribution in [0.3, 0.4) is 0 Å². The molecule has 0 saturated carbocycles. The van der Waals surface area contributed by atoms with E-state index < -0.39 is 17.6 Å². The Bertz CT molecular complexity index is 1540. The normalized spacial score (nSPS) is 17.2. The van der Waals surface area contributed by atoms with Crippen molar-refractivity contribution in [3.8, 4) is 23.2 Å². The van der Waals surface area contributed by atoms with Crippen molar-refractivity contribution in [3.63, 3.8) is 0 Å². The molecule has 4 aromatic rings. The minimum atomic E-state index is -1.11. The molecule has 1 aromatic heterocycles. The number of para-hydroxylation sites is 1. The smallest absolute Gasteiger partial charge is 0.550 e. The van der Waals surface area contributed by atoms with Crippen molar-refractivity contribution in [2.75, 3.05) is 25.1 Å². The Balaban J connectivity index is 0.00000294. The first-order valence-corrected chi connectivity index (χ1v) is 11.9. The average Bonchev–Trinajstić information content (AvgIpc) is 3.55. The van der Waals surface area contributed by atoms with E-state index >= 15 is 0 Å². The van der Waals surface area contributed by atoms with Crippen molar-refractivity contribution in [1.82, 2.24) is 9.55 Å². The van der Waals surface area contributed by atoms with E-state index in [4.69, 9.17) is 14.2 Å². The Morgan fingerprint density at radius 3 is 2.74 bits per heavy atom. The van der Waals surface area contributed by atoms with Crippen molar-refractivity contribution in [3.05, 3.63) is 71.3 Å². The summed E-state index contributed by atoms with van der Waals surface area (Å²) in [6.07, 6.45) is -0.0877. The van der Waals surface area contributed by atoms with Gasteiger partial charge in [0, 0.05) is 46.9 Å². The summed E-state index contributed by atoms with van der Waals surface area (Å²) in [7, 11) is 0. The Hall–Kier alpha value is -3.34. The number of aromatic nitrogens is 2. The number of carboxylic acids is 1. The number of hydrogen-bond donors (Lipinski definition) is 1. The van der Waals surface area contributed by atoms with Gasteiger partial charge in [-0.1, -0.05) is 18.2 Å². The molecular formula is C27H22F2N3NaO5. The number of carboxylic acid groups (broad SMARTS) is 1. The second kappa shape index (κ2) is 10.4. The van der Waals surface area contributed by atoms with Crippen molar-refractivity contribution < 1.29 is 62.4 Å². The van der Waals surface area contributed by atoms with Crippen LogP contribution in [0.2, 0.25) is 0 Å². The van der Waals surface area contributed by atoms with Gasteiger partial charge in [0.2, 0.25) is 0 Å². The van der Waals surface area contributed by atoms with Crippen LogP contribution >= 0.6 is 0 Å². The molecule has 3 aromatic carbocycles. The van der Waals surface area contributed by atoms with Gasteiger partial charge in [0.1, 0.15) is 18.1 Å². The van der Waals surface area contributed by atoms with E-state index in [-0.39, 0.29) is 59.5 Å². The van der Waals surface area contributed by atoms with Gasteiger partial charge in [0.25, 0.3) is 0 Å². The zero-order valence-corrected chi connectivity index (χ0v) is 22.8. The SMILES string of the molecule is CCOc1nc2cc(F)c(F)cc2n1-c1cccc2c1OC[C@H]2Nc1ccc2c(c1)OC[C@H]2CC(=O)[O-].[Na+]. The van der Waals surface area contributed by atoms with Crippen LogP contribution in [0.1, 0.15) is 36.4 Å². The molecule has 38 heavy (non-hydrogen) atoms. The molecule has 0 radical (unpaired) electrons. The molecule has 0 amide bonds. The Kier molecular flexibility index (Phi) is 7.21. The van der Waals surface area contributed by atoms with E-state index in [0.29, 0.717) is 42.5 Å². The van der Waals surface area contributed by atoms with E-state index in [2.05, 4.69) is 10.3 Å². The first-order valence-electron chi connectivity index (χ1n) is 11.9. The van der Waals surface area contributed by atoms with Crippen LogP contribution in [0, 0.1) is 11.6 Å². The number of hydrogen-bond acceptors (Lipinski definition) is 7. The zero-order valence-electron chi connectivity index (χ0n) is 20.8. The standard InChI is InChI=1S/C27H23F2N3O5.Na/c1-2-35-27-31-20-10-18(28)19(29)11-23(20)32(27)22-5-3-4-17-21(13-37-26(17)22)30-15-6-7-16-14(8-25(33)34)12-36-24(16)9-15;/h3-7,9-11,14,21,30H,2,8,12-13H2,1H3,(H,33,34);/q;+1/p-1/t14-,21-;/m1./s1. The quantitative estimate of drug-likeness (QED) is 0.355. The van der Waals surface area contributed by atoms with Crippen LogP contribution in [0.4, 0.5) is 14.5 Å². The van der Waals surface area contributed by atoms with Crippen LogP contribution in [-0.2, 0) is 4.79 Å². The molecule has 2 aliphatic heterocycles. The number of carbonyl (C=O) groups excluding carboxylic acids is 1. The molecule has 11 heteroatoms. The fraction of sp³-hybridized carbons (Fsp3) is 0.259. The first kappa shape index (κ1) is 26.3. The van der Waals surface area contributed by atoms with Gasteiger partial charge in [0.15, 0.2) is 11.6 Å². The first-order chi connectivity index (χ1) is 17.9. The summed E-state index contributed by atoms with van der Waals surface area (Å²) < 4.78 is 47.2. The Morgan fingerprint density at radius 2 is 1.95 bits per heavy atom.